The van der Waals surface area contributed by atoms with E-state index in [1.807, 2.05) is 5.38 Å². The summed E-state index contributed by atoms with van der Waals surface area (Å²) in [5.74, 6) is 0.663. The molecule has 1 saturated heterocycles. The largest absolute Gasteiger partial charge is 0.353 e. The van der Waals surface area contributed by atoms with Crippen molar-refractivity contribution in [2.45, 2.75) is 57.9 Å². The zero-order chi connectivity index (χ0) is 22.1. The van der Waals surface area contributed by atoms with Gasteiger partial charge in [0, 0.05) is 30.1 Å². The van der Waals surface area contributed by atoms with Gasteiger partial charge in [0.05, 0.1) is 11.4 Å². The Morgan fingerprint density at radius 2 is 1.91 bits per heavy atom. The number of nitrogens with one attached hydrogen (secondary N) is 2. The lowest BCUT2D eigenvalue weighted by molar-refractivity contribution is -0.126. The number of hydrogen-bond donors (Lipinski definition) is 2. The normalized spacial score (nSPS) is 19.9. The van der Waals surface area contributed by atoms with Gasteiger partial charge in [-0.2, -0.15) is 0 Å². The summed E-state index contributed by atoms with van der Waals surface area (Å²) in [6.07, 6.45) is 7.67. The molecule has 1 aliphatic heterocycles. The highest BCUT2D eigenvalue weighted by molar-refractivity contribution is 7.17. The van der Waals surface area contributed by atoms with Crippen LogP contribution in [0.15, 0.2) is 34.4 Å². The van der Waals surface area contributed by atoms with Gasteiger partial charge < -0.3 is 10.2 Å². The van der Waals surface area contributed by atoms with Crippen molar-refractivity contribution in [3.8, 4) is 11.1 Å². The van der Waals surface area contributed by atoms with Crippen LogP contribution < -0.4 is 15.8 Å². The van der Waals surface area contributed by atoms with E-state index in [1.54, 1.807) is 0 Å². The minimum Gasteiger partial charge on any atom is -0.353 e. The number of nitrogens with zero attached hydrogens (tertiary/aromatic N) is 2. The SMILES string of the molecule is Cc1ccc(-c2csc3c(=O)[nH]c(N4CCCC(C(=O)NC5CCCCC5)C4)nc23)cc1. The van der Waals surface area contributed by atoms with Crippen molar-refractivity contribution >= 4 is 33.4 Å². The first-order valence-electron chi connectivity index (χ1n) is 11.7. The van der Waals surface area contributed by atoms with Crippen LogP contribution in [-0.4, -0.2) is 35.0 Å². The minimum atomic E-state index is -0.109. The zero-order valence-corrected chi connectivity index (χ0v) is 19.3. The van der Waals surface area contributed by atoms with E-state index in [2.05, 4.69) is 46.4 Å². The van der Waals surface area contributed by atoms with Gasteiger partial charge in [-0.1, -0.05) is 49.1 Å². The molecule has 0 bridgehead atoms. The first-order chi connectivity index (χ1) is 15.6. The number of anilines is 1. The van der Waals surface area contributed by atoms with Gasteiger partial charge in [-0.05, 0) is 38.2 Å². The number of aryl methyl sites for hydroxylation is 1. The smallest absolute Gasteiger partial charge is 0.270 e. The number of H-pyrrole nitrogens is 1. The third-order valence-corrected chi connectivity index (χ3v) is 7.79. The molecule has 3 aromatic rings. The van der Waals surface area contributed by atoms with Crippen LogP contribution in [0.25, 0.3) is 21.3 Å². The maximum Gasteiger partial charge on any atom is 0.270 e. The number of piperidine rings is 1. The molecule has 6 nitrogen and oxygen atoms in total. The molecule has 0 spiro atoms. The Morgan fingerprint density at radius 1 is 1.12 bits per heavy atom. The van der Waals surface area contributed by atoms with Crippen LogP contribution in [0.5, 0.6) is 0 Å². The fraction of sp³-hybridized carbons (Fsp3) is 0.480. The van der Waals surface area contributed by atoms with Gasteiger partial charge in [0.2, 0.25) is 11.9 Å². The van der Waals surface area contributed by atoms with Crippen molar-refractivity contribution < 1.29 is 4.79 Å². The maximum absolute atomic E-state index is 12.9. The standard InChI is InChI=1S/C25H30N4O2S/c1-16-9-11-17(12-10-16)20-15-32-22-21(20)27-25(28-24(22)31)29-13-5-6-18(14-29)23(30)26-19-7-3-2-4-8-19/h9-12,15,18-19H,2-8,13-14H2,1H3,(H,26,30)(H,27,28,31). The Hall–Kier alpha value is -2.67. The van der Waals surface area contributed by atoms with E-state index < -0.39 is 0 Å². The summed E-state index contributed by atoms with van der Waals surface area (Å²) in [6, 6.07) is 8.63. The molecular formula is C25H30N4O2S. The third-order valence-electron chi connectivity index (χ3n) is 6.82. The van der Waals surface area contributed by atoms with Gasteiger partial charge in [-0.3, -0.25) is 14.6 Å². The van der Waals surface area contributed by atoms with Gasteiger partial charge in [-0.25, -0.2) is 4.98 Å². The third kappa shape index (κ3) is 4.31. The molecule has 5 rings (SSSR count). The summed E-state index contributed by atoms with van der Waals surface area (Å²) in [6.45, 7) is 3.45. The molecule has 2 aliphatic rings. The Balaban J connectivity index is 1.38. The van der Waals surface area contributed by atoms with E-state index in [4.69, 9.17) is 4.98 Å². The molecule has 1 amide bonds. The Kier molecular flexibility index (Phi) is 6.00. The Morgan fingerprint density at radius 3 is 2.69 bits per heavy atom. The quantitative estimate of drug-likeness (QED) is 0.608. The van der Waals surface area contributed by atoms with Crippen molar-refractivity contribution in [1.29, 1.82) is 0 Å². The predicted molar refractivity (Wildman–Crippen MR) is 130 cm³/mol. The average Bonchev–Trinajstić information content (AvgIpc) is 3.25. The minimum absolute atomic E-state index is 0.0641. The number of aromatic amines is 1. The Labute approximate surface area is 192 Å². The number of hydrogen-bond acceptors (Lipinski definition) is 5. The van der Waals surface area contributed by atoms with Crippen molar-refractivity contribution in [1.82, 2.24) is 15.3 Å². The van der Waals surface area contributed by atoms with Gasteiger partial charge >= 0.3 is 0 Å². The number of thiophene rings is 1. The van der Waals surface area contributed by atoms with Gasteiger partial charge in [0.25, 0.3) is 5.56 Å². The van der Waals surface area contributed by atoms with Crippen molar-refractivity contribution in [2.75, 3.05) is 18.0 Å². The second kappa shape index (κ2) is 9.06. The molecular weight excluding hydrogens is 420 g/mol. The van der Waals surface area contributed by atoms with Gasteiger partial charge in [0.1, 0.15) is 4.70 Å². The number of fused-ring (bicyclic) bond motifs is 1. The highest BCUT2D eigenvalue weighted by atomic mass is 32.1. The molecule has 7 heteroatoms. The lowest BCUT2D eigenvalue weighted by Crippen LogP contribution is -2.47. The fourth-order valence-corrected chi connectivity index (χ4v) is 5.86. The monoisotopic (exact) mass is 450 g/mol. The first-order valence-corrected chi connectivity index (χ1v) is 12.6. The number of carbonyl (C=O) groups is 1. The Bertz CT molecular complexity index is 1160. The van der Waals surface area contributed by atoms with Crippen LogP contribution >= 0.6 is 11.3 Å². The number of benzene rings is 1. The van der Waals surface area contributed by atoms with Crippen LogP contribution in [0, 0.1) is 12.8 Å². The summed E-state index contributed by atoms with van der Waals surface area (Å²) in [5, 5.41) is 5.29. The zero-order valence-electron chi connectivity index (χ0n) is 18.5. The summed E-state index contributed by atoms with van der Waals surface area (Å²) in [5.41, 5.74) is 3.88. The summed E-state index contributed by atoms with van der Waals surface area (Å²) in [4.78, 5) is 35.7. The highest BCUT2D eigenvalue weighted by Crippen LogP contribution is 2.32. The lowest BCUT2D eigenvalue weighted by Gasteiger charge is -2.33. The lowest BCUT2D eigenvalue weighted by atomic mass is 9.93. The van der Waals surface area contributed by atoms with Crippen LogP contribution in [-0.2, 0) is 4.79 Å². The first kappa shape index (κ1) is 21.2. The molecule has 1 aromatic carbocycles. The molecule has 1 unspecified atom stereocenters. The molecule has 3 heterocycles. The molecule has 2 aromatic heterocycles. The van der Waals surface area contributed by atoms with Crippen LogP contribution in [0.3, 0.4) is 0 Å². The van der Waals surface area contributed by atoms with E-state index in [-0.39, 0.29) is 17.4 Å². The summed E-state index contributed by atoms with van der Waals surface area (Å²) < 4.78 is 0.646. The molecule has 2 fully saturated rings. The van der Waals surface area contributed by atoms with E-state index in [0.29, 0.717) is 23.2 Å². The van der Waals surface area contributed by atoms with Gasteiger partial charge in [-0.15, -0.1) is 11.3 Å². The van der Waals surface area contributed by atoms with Crippen molar-refractivity contribution in [2.24, 2.45) is 5.92 Å². The molecule has 1 saturated carbocycles. The molecule has 2 N–H and O–H groups in total. The fourth-order valence-electron chi connectivity index (χ4n) is 4.95. The average molecular weight is 451 g/mol. The number of amides is 1. The van der Waals surface area contributed by atoms with Crippen LogP contribution in [0.1, 0.15) is 50.5 Å². The maximum atomic E-state index is 12.9. The second-order valence-electron chi connectivity index (χ2n) is 9.21. The van der Waals surface area contributed by atoms with Crippen LogP contribution in [0.2, 0.25) is 0 Å². The molecule has 1 atom stereocenters. The topological polar surface area (TPSA) is 78.1 Å². The van der Waals surface area contributed by atoms with E-state index in [0.717, 1.165) is 48.9 Å². The summed E-state index contributed by atoms with van der Waals surface area (Å²) in [7, 11) is 0. The number of carbonyl (C=O) groups excluding carboxylic acids is 1. The van der Waals surface area contributed by atoms with Crippen molar-refractivity contribution in [3.63, 3.8) is 0 Å². The van der Waals surface area contributed by atoms with E-state index >= 15 is 0 Å². The highest BCUT2D eigenvalue weighted by Gasteiger charge is 2.29. The molecule has 1 aliphatic carbocycles. The second-order valence-corrected chi connectivity index (χ2v) is 10.1. The van der Waals surface area contributed by atoms with E-state index in [9.17, 15) is 9.59 Å². The van der Waals surface area contributed by atoms with Crippen molar-refractivity contribution in [3.05, 3.63) is 45.6 Å². The molecule has 0 radical (unpaired) electrons. The van der Waals surface area contributed by atoms with E-state index in [1.165, 1.54) is 36.2 Å². The summed E-state index contributed by atoms with van der Waals surface area (Å²) >= 11 is 1.43. The number of rotatable bonds is 4. The number of aromatic nitrogens is 2. The predicted octanol–water partition coefficient (Wildman–Crippen LogP) is 4.63. The molecule has 32 heavy (non-hydrogen) atoms. The molecule has 168 valence electrons. The van der Waals surface area contributed by atoms with Gasteiger partial charge in [0.15, 0.2) is 0 Å². The van der Waals surface area contributed by atoms with Crippen LogP contribution in [0.4, 0.5) is 5.95 Å².